The van der Waals surface area contributed by atoms with Gasteiger partial charge in [-0.25, -0.2) is 0 Å². The zero-order chi connectivity index (χ0) is 22.3. The fourth-order valence-electron chi connectivity index (χ4n) is 4.50. The predicted octanol–water partition coefficient (Wildman–Crippen LogP) is 4.27. The normalized spacial score (nSPS) is 12.1. The Morgan fingerprint density at radius 2 is 1.03 bits per heavy atom. The molecule has 0 aliphatic carbocycles. The molecule has 0 aliphatic rings. The first-order valence-corrected chi connectivity index (χ1v) is 13.6. The molecule has 0 heterocycles. The van der Waals surface area contributed by atoms with Crippen molar-refractivity contribution in [2.45, 2.75) is 155 Å². The third kappa shape index (κ3) is 23.0. The number of carbonyl (C=O) groups is 1. The molecule has 180 valence electrons. The first kappa shape index (κ1) is 33.2. The molecular weight excluding hydrogens is 377 g/mol. The molecule has 3 nitrogen and oxygen atoms in total. The second-order valence-corrected chi connectivity index (χ2v) is 9.31. The van der Waals surface area contributed by atoms with E-state index in [9.17, 15) is 9.90 Å². The van der Waals surface area contributed by atoms with Gasteiger partial charge in [0.2, 0.25) is 0 Å². The fourth-order valence-corrected chi connectivity index (χ4v) is 4.50. The van der Waals surface area contributed by atoms with Crippen LogP contribution >= 0.6 is 0 Å². The van der Waals surface area contributed by atoms with E-state index < -0.39 is 5.97 Å². The number of carboxylic acids is 1. The molecule has 0 spiro atoms. The summed E-state index contributed by atoms with van der Waals surface area (Å²) in [7, 11) is 0. The minimum Gasteiger partial charge on any atom is -0.550 e. The number of hydrogen-bond donors (Lipinski definition) is 0. The summed E-state index contributed by atoms with van der Waals surface area (Å²) in [5.41, 5.74) is 0. The average molecular weight is 432 g/mol. The monoisotopic (exact) mass is 431 g/mol. The molecule has 0 saturated carbocycles. The second kappa shape index (κ2) is 26.3. The average Bonchev–Trinajstić information content (AvgIpc) is 2.73. The van der Waals surface area contributed by atoms with Gasteiger partial charge < -0.3 is 14.8 Å². The Morgan fingerprint density at radius 1 is 0.645 bits per heavy atom. The van der Waals surface area contributed by atoms with Gasteiger partial charge in [0.1, 0.15) is 0 Å². The van der Waals surface area contributed by atoms with Gasteiger partial charge in [-0.2, -0.15) is 0 Å². The molecule has 0 rings (SSSR count). The quantitative estimate of drug-likeness (QED) is 0.169. The van der Waals surface area contributed by atoms with Crippen molar-refractivity contribution in [2.75, 3.05) is 13.1 Å². The largest absolute Gasteiger partial charge is 1.00 e. The van der Waals surface area contributed by atoms with Crippen LogP contribution in [0.25, 0.3) is 0 Å². The van der Waals surface area contributed by atoms with Gasteiger partial charge in [-0.15, -0.1) is 0 Å². The van der Waals surface area contributed by atoms with Crippen LogP contribution < -0.4 is 24.0 Å². The first-order chi connectivity index (χ1) is 14.7. The van der Waals surface area contributed by atoms with Gasteiger partial charge in [0, 0.05) is 12.0 Å². The third-order valence-corrected chi connectivity index (χ3v) is 6.50. The van der Waals surface area contributed by atoms with Crippen LogP contribution in [0.2, 0.25) is 0 Å². The summed E-state index contributed by atoms with van der Waals surface area (Å²) >= 11 is 0. The van der Waals surface area contributed by atoms with E-state index in [0.717, 1.165) is 19.3 Å². The molecule has 0 aliphatic heterocycles. The first-order valence-electron chi connectivity index (χ1n) is 13.6. The number of carboxylic acid groups (broad SMARTS) is 1. The predicted molar refractivity (Wildman–Crippen MR) is 130 cm³/mol. The van der Waals surface area contributed by atoms with Crippen molar-refractivity contribution < 1.29 is 28.8 Å². The number of carbonyl (C=O) groups excluding carboxylic acids is 1. The molecule has 31 heavy (non-hydrogen) atoms. The van der Waals surface area contributed by atoms with Crippen LogP contribution in [0, 0.1) is 0 Å². The van der Waals surface area contributed by atoms with E-state index in [0.29, 0.717) is 6.04 Å². The molecule has 0 saturated heterocycles. The summed E-state index contributed by atoms with van der Waals surface area (Å²) in [6.07, 6.45) is 24.9. The maximum Gasteiger partial charge on any atom is 1.00 e. The van der Waals surface area contributed by atoms with Crippen molar-refractivity contribution in [3.63, 3.8) is 0 Å². The molecule has 0 bridgehead atoms. The van der Waals surface area contributed by atoms with Crippen LogP contribution in [0.5, 0.6) is 0 Å². The maximum absolute atomic E-state index is 10.8. The van der Waals surface area contributed by atoms with E-state index in [2.05, 4.69) is 25.7 Å². The van der Waals surface area contributed by atoms with Crippen LogP contribution in [-0.2, 0) is 4.79 Å². The van der Waals surface area contributed by atoms with E-state index in [1.165, 1.54) is 116 Å². The molecule has 0 fully saturated rings. The minimum atomic E-state index is -0.900. The van der Waals surface area contributed by atoms with Crippen molar-refractivity contribution >= 4 is 5.97 Å². The van der Waals surface area contributed by atoms with Gasteiger partial charge in [-0.05, 0) is 51.6 Å². The number of unbranched alkanes of at least 4 members (excludes halogenated alkanes) is 14. The molecule has 0 aromatic carbocycles. The zero-order valence-corrected chi connectivity index (χ0v) is 21.9. The third-order valence-electron chi connectivity index (χ3n) is 6.50. The number of hydrogen-bond acceptors (Lipinski definition) is 3. The summed E-state index contributed by atoms with van der Waals surface area (Å²) in [6, 6.07) is 0.540. The van der Waals surface area contributed by atoms with Gasteiger partial charge >= 0.3 is 18.9 Å². The van der Waals surface area contributed by atoms with Gasteiger partial charge in [0.05, 0.1) is 0 Å². The standard InChI is InChI=1S/C27H55NO2.Li/c1-4-7-9-11-13-15-17-19-24-28(26(6-3)22-21-23-27(29)30)25-20-18-16-14-12-10-8-5-2;/h26H,4-25H2,1-3H3,(H,29,30);/q;+1/p-1. The van der Waals surface area contributed by atoms with E-state index >= 15 is 0 Å². The molecule has 1 unspecified atom stereocenters. The Morgan fingerprint density at radius 3 is 1.39 bits per heavy atom. The molecule has 0 aromatic rings. The van der Waals surface area contributed by atoms with Crippen molar-refractivity contribution in [3.05, 3.63) is 0 Å². The van der Waals surface area contributed by atoms with Gasteiger partial charge in [0.15, 0.2) is 0 Å². The maximum atomic E-state index is 10.8. The van der Waals surface area contributed by atoms with E-state index in [1.807, 2.05) is 0 Å². The van der Waals surface area contributed by atoms with Gasteiger partial charge in [-0.3, -0.25) is 0 Å². The smallest absolute Gasteiger partial charge is 0.550 e. The van der Waals surface area contributed by atoms with Crippen molar-refractivity contribution in [2.24, 2.45) is 0 Å². The fraction of sp³-hybridized carbons (Fsp3) is 0.963. The van der Waals surface area contributed by atoms with E-state index in [1.54, 1.807) is 0 Å². The van der Waals surface area contributed by atoms with E-state index in [4.69, 9.17) is 0 Å². The summed E-state index contributed by atoms with van der Waals surface area (Å²) in [5, 5.41) is 10.8. The Balaban J connectivity index is 0. The summed E-state index contributed by atoms with van der Waals surface area (Å²) in [6.45, 7) is 9.19. The molecule has 1 atom stereocenters. The second-order valence-electron chi connectivity index (χ2n) is 9.31. The zero-order valence-electron chi connectivity index (χ0n) is 21.9. The van der Waals surface area contributed by atoms with Crippen LogP contribution in [0.15, 0.2) is 0 Å². The molecule has 0 radical (unpaired) electrons. The Kier molecular flexibility index (Phi) is 28.1. The molecule has 0 aromatic heterocycles. The topological polar surface area (TPSA) is 43.4 Å². The minimum absolute atomic E-state index is 0. The van der Waals surface area contributed by atoms with Crippen LogP contribution in [-0.4, -0.2) is 30.0 Å². The van der Waals surface area contributed by atoms with Crippen LogP contribution in [0.4, 0.5) is 0 Å². The van der Waals surface area contributed by atoms with Crippen molar-refractivity contribution in [1.82, 2.24) is 4.90 Å². The van der Waals surface area contributed by atoms with Crippen molar-refractivity contribution in [1.29, 1.82) is 0 Å². The van der Waals surface area contributed by atoms with E-state index in [-0.39, 0.29) is 25.3 Å². The van der Waals surface area contributed by atoms with Crippen LogP contribution in [0.3, 0.4) is 0 Å². The number of rotatable bonds is 24. The summed E-state index contributed by atoms with van der Waals surface area (Å²) in [5.74, 6) is -0.900. The molecule has 4 heteroatoms. The van der Waals surface area contributed by atoms with Crippen LogP contribution in [0.1, 0.15) is 149 Å². The Labute approximate surface area is 207 Å². The SMILES string of the molecule is CCCCCCCCCCN(CCCCCCCCCC)C(CC)CCCC(=O)[O-].[Li+]. The van der Waals surface area contributed by atoms with Gasteiger partial charge in [-0.1, -0.05) is 111 Å². The molecule has 0 N–H and O–H groups in total. The summed E-state index contributed by atoms with van der Waals surface area (Å²) < 4.78 is 0. The Hall–Kier alpha value is 0.0274. The summed E-state index contributed by atoms with van der Waals surface area (Å²) in [4.78, 5) is 13.5. The number of nitrogens with zero attached hydrogens (tertiary/aromatic N) is 1. The Bertz CT molecular complexity index is 345. The number of aliphatic carboxylic acids is 1. The van der Waals surface area contributed by atoms with Crippen molar-refractivity contribution in [3.8, 4) is 0 Å². The van der Waals surface area contributed by atoms with Gasteiger partial charge in [0.25, 0.3) is 0 Å². The molecule has 0 amide bonds. The molecular formula is C27H54LiNO2.